The minimum absolute atomic E-state index is 0.0345. The normalized spacial score (nSPS) is 20.7. The van der Waals surface area contributed by atoms with E-state index < -0.39 is 0 Å². The van der Waals surface area contributed by atoms with Crippen molar-refractivity contribution in [2.75, 3.05) is 12.7 Å². The van der Waals surface area contributed by atoms with Crippen LogP contribution in [-0.4, -0.2) is 34.5 Å². The molecule has 0 radical (unpaired) electrons. The molecule has 0 saturated carbocycles. The van der Waals surface area contributed by atoms with Crippen LogP contribution in [0.2, 0.25) is 0 Å². The lowest BCUT2D eigenvalue weighted by Gasteiger charge is -2.41. The predicted molar refractivity (Wildman–Crippen MR) is 103 cm³/mol. The van der Waals surface area contributed by atoms with Crippen molar-refractivity contribution >= 4 is 28.4 Å². The topological polar surface area (TPSA) is 54.6 Å². The van der Waals surface area contributed by atoms with E-state index in [0.29, 0.717) is 5.75 Å². The number of nitrogens with one attached hydrogen (secondary N) is 1. The average molecular weight is 383 g/mol. The minimum atomic E-state index is -0.222. The number of amides is 1. The fourth-order valence-corrected chi connectivity index (χ4v) is 4.49. The Morgan fingerprint density at radius 1 is 1.22 bits per heavy atom. The summed E-state index contributed by atoms with van der Waals surface area (Å²) in [4.78, 5) is 18.2. The van der Waals surface area contributed by atoms with Crippen LogP contribution in [0.3, 0.4) is 0 Å². The lowest BCUT2D eigenvalue weighted by molar-refractivity contribution is -0.132. The lowest BCUT2D eigenvalue weighted by Crippen LogP contribution is -2.46. The molecule has 2 atom stereocenters. The molecule has 0 unspecified atom stereocenters. The van der Waals surface area contributed by atoms with E-state index in [1.54, 1.807) is 0 Å². The average Bonchev–Trinajstić information content (AvgIpc) is 3.29. The summed E-state index contributed by atoms with van der Waals surface area (Å²) in [5.74, 6) is 1.34. The largest absolute Gasteiger partial charge is 0.454 e. The van der Waals surface area contributed by atoms with Gasteiger partial charge in [-0.3, -0.25) is 4.79 Å². The van der Waals surface area contributed by atoms with E-state index in [4.69, 9.17) is 21.1 Å². The first-order chi connectivity index (χ1) is 13.2. The number of nitrogens with zero attached hydrogens (tertiary/aromatic N) is 1. The molecule has 0 saturated heterocycles. The summed E-state index contributed by atoms with van der Waals surface area (Å²) in [5, 5.41) is 1.13. The third-order valence-corrected chi connectivity index (χ3v) is 5.70. The Bertz CT molecular complexity index is 1050. The summed E-state index contributed by atoms with van der Waals surface area (Å²) < 4.78 is 11.0. The molecular formula is C21H19ClN2O3. The standard InChI is InChI=1S/C21H19ClN2O3/c1-12-8-16-20(14-4-2-3-5-15(14)23-16)21(24(12)19(25)10-22)13-6-7-17-18(9-13)27-11-26-17/h2-7,9,12,21,23H,8,10-11H2,1H3/t12-,21-/m0/s1. The fraction of sp³-hybridized carbons (Fsp3) is 0.286. The number of rotatable bonds is 2. The van der Waals surface area contributed by atoms with E-state index in [2.05, 4.69) is 24.0 Å². The molecule has 0 spiro atoms. The summed E-state index contributed by atoms with van der Waals surface area (Å²) in [7, 11) is 0. The Morgan fingerprint density at radius 3 is 2.89 bits per heavy atom. The van der Waals surface area contributed by atoms with Gasteiger partial charge in [-0.1, -0.05) is 24.3 Å². The van der Waals surface area contributed by atoms with Crippen molar-refractivity contribution < 1.29 is 14.3 Å². The highest BCUT2D eigenvalue weighted by Gasteiger charge is 2.38. The second-order valence-electron chi connectivity index (χ2n) is 7.07. The van der Waals surface area contributed by atoms with Gasteiger partial charge in [-0.25, -0.2) is 0 Å². The fourth-order valence-electron chi connectivity index (χ4n) is 4.35. The summed E-state index contributed by atoms with van der Waals surface area (Å²) in [5.41, 5.74) is 4.39. The maximum absolute atomic E-state index is 12.8. The van der Waals surface area contributed by atoms with Crippen molar-refractivity contribution in [1.29, 1.82) is 0 Å². The number of benzene rings is 2. The van der Waals surface area contributed by atoms with Crippen molar-refractivity contribution in [2.45, 2.75) is 25.4 Å². The van der Waals surface area contributed by atoms with Crippen molar-refractivity contribution in [1.82, 2.24) is 9.88 Å². The molecule has 3 heterocycles. The van der Waals surface area contributed by atoms with Gasteiger partial charge in [0.15, 0.2) is 11.5 Å². The first kappa shape index (κ1) is 16.5. The van der Waals surface area contributed by atoms with Crippen LogP contribution in [0, 0.1) is 0 Å². The van der Waals surface area contributed by atoms with Gasteiger partial charge in [0.05, 0.1) is 6.04 Å². The number of fused-ring (bicyclic) bond motifs is 4. The maximum atomic E-state index is 12.8. The number of ether oxygens (including phenoxy) is 2. The van der Waals surface area contributed by atoms with Gasteiger partial charge in [-0.2, -0.15) is 0 Å². The molecule has 0 fully saturated rings. The zero-order valence-electron chi connectivity index (χ0n) is 14.9. The zero-order chi connectivity index (χ0) is 18.5. The second kappa shape index (κ2) is 6.20. The number of halogens is 1. The molecule has 0 bridgehead atoms. The molecule has 2 aromatic carbocycles. The number of aromatic amines is 1. The molecule has 5 rings (SSSR count). The molecule has 138 valence electrons. The van der Waals surface area contributed by atoms with Crippen molar-refractivity contribution in [2.24, 2.45) is 0 Å². The van der Waals surface area contributed by atoms with Crippen LogP contribution in [0.15, 0.2) is 42.5 Å². The van der Waals surface area contributed by atoms with E-state index in [9.17, 15) is 4.79 Å². The molecule has 6 heteroatoms. The van der Waals surface area contributed by atoms with Gasteiger partial charge >= 0.3 is 0 Å². The van der Waals surface area contributed by atoms with Gasteiger partial charge in [0.25, 0.3) is 0 Å². The van der Waals surface area contributed by atoms with Crippen LogP contribution in [-0.2, 0) is 11.2 Å². The highest BCUT2D eigenvalue weighted by atomic mass is 35.5. The number of carbonyl (C=O) groups is 1. The van der Waals surface area contributed by atoms with Crippen molar-refractivity contribution in [3.8, 4) is 11.5 Å². The number of carbonyl (C=O) groups excluding carboxylic acids is 1. The van der Waals surface area contributed by atoms with Gasteiger partial charge in [0, 0.05) is 34.6 Å². The van der Waals surface area contributed by atoms with Crippen LogP contribution in [0.1, 0.15) is 29.8 Å². The van der Waals surface area contributed by atoms with Gasteiger partial charge in [-0.05, 0) is 30.7 Å². The van der Waals surface area contributed by atoms with E-state index in [-0.39, 0.29) is 30.7 Å². The number of aromatic nitrogens is 1. The van der Waals surface area contributed by atoms with Crippen molar-refractivity contribution in [3.63, 3.8) is 0 Å². The number of hydrogen-bond acceptors (Lipinski definition) is 3. The first-order valence-corrected chi connectivity index (χ1v) is 9.57. The molecule has 5 nitrogen and oxygen atoms in total. The van der Waals surface area contributed by atoms with E-state index in [1.165, 1.54) is 5.69 Å². The highest BCUT2D eigenvalue weighted by molar-refractivity contribution is 6.27. The number of H-pyrrole nitrogens is 1. The first-order valence-electron chi connectivity index (χ1n) is 9.03. The zero-order valence-corrected chi connectivity index (χ0v) is 15.6. The minimum Gasteiger partial charge on any atom is -0.454 e. The highest BCUT2D eigenvalue weighted by Crippen LogP contribution is 2.44. The molecule has 2 aliphatic heterocycles. The summed E-state index contributed by atoms with van der Waals surface area (Å²) in [6.07, 6.45) is 0.772. The van der Waals surface area contributed by atoms with E-state index >= 15 is 0 Å². The molecule has 0 aliphatic carbocycles. The lowest BCUT2D eigenvalue weighted by atomic mass is 9.87. The Balaban J connectivity index is 1.75. The molecule has 2 aliphatic rings. The van der Waals surface area contributed by atoms with Crippen LogP contribution in [0.5, 0.6) is 11.5 Å². The Hall–Kier alpha value is -2.66. The van der Waals surface area contributed by atoms with Crippen LogP contribution in [0.4, 0.5) is 0 Å². The third kappa shape index (κ3) is 2.49. The van der Waals surface area contributed by atoms with Crippen LogP contribution < -0.4 is 9.47 Å². The van der Waals surface area contributed by atoms with Gasteiger partial charge < -0.3 is 19.4 Å². The molecular weight excluding hydrogens is 364 g/mol. The maximum Gasteiger partial charge on any atom is 0.238 e. The second-order valence-corrected chi connectivity index (χ2v) is 7.33. The summed E-state index contributed by atoms with van der Waals surface area (Å²) >= 11 is 5.97. The molecule has 3 aromatic rings. The number of hydrogen-bond donors (Lipinski definition) is 1. The monoisotopic (exact) mass is 382 g/mol. The number of para-hydroxylation sites is 1. The quantitative estimate of drug-likeness (QED) is 0.681. The Kier molecular flexibility index (Phi) is 3.79. The van der Waals surface area contributed by atoms with E-state index in [0.717, 1.165) is 34.2 Å². The SMILES string of the molecule is C[C@H]1Cc2[nH]c3ccccc3c2[C@H](c2ccc3c(c2)OCO3)N1C(=O)CCl. The molecule has 1 N–H and O–H groups in total. The van der Waals surface area contributed by atoms with Crippen LogP contribution in [0.25, 0.3) is 10.9 Å². The van der Waals surface area contributed by atoms with Gasteiger partial charge in [-0.15, -0.1) is 11.6 Å². The number of alkyl halides is 1. The van der Waals surface area contributed by atoms with Gasteiger partial charge in [0.2, 0.25) is 12.7 Å². The van der Waals surface area contributed by atoms with Gasteiger partial charge in [0.1, 0.15) is 5.88 Å². The predicted octanol–water partition coefficient (Wildman–Crippen LogP) is 4.00. The molecule has 27 heavy (non-hydrogen) atoms. The van der Waals surface area contributed by atoms with E-state index in [1.807, 2.05) is 35.2 Å². The summed E-state index contributed by atoms with van der Waals surface area (Å²) in [6, 6.07) is 13.9. The van der Waals surface area contributed by atoms with Crippen molar-refractivity contribution in [3.05, 3.63) is 59.3 Å². The van der Waals surface area contributed by atoms with Crippen LogP contribution >= 0.6 is 11.6 Å². The Morgan fingerprint density at radius 2 is 2.04 bits per heavy atom. The molecule has 1 aromatic heterocycles. The Labute approximate surface area is 161 Å². The summed E-state index contributed by atoms with van der Waals surface area (Å²) in [6.45, 7) is 2.29. The third-order valence-electron chi connectivity index (χ3n) is 5.47. The smallest absolute Gasteiger partial charge is 0.238 e. The molecule has 1 amide bonds.